The molecule has 1 aromatic carbocycles. The van der Waals surface area contributed by atoms with Crippen LogP contribution >= 0.6 is 0 Å². The van der Waals surface area contributed by atoms with Crippen LogP contribution in [-0.4, -0.2) is 23.3 Å². The number of nitrogens with zero attached hydrogens (tertiary/aromatic N) is 2. The lowest BCUT2D eigenvalue weighted by Crippen LogP contribution is -2.39. The van der Waals surface area contributed by atoms with Crippen LogP contribution in [0.15, 0.2) is 42.6 Å². The predicted molar refractivity (Wildman–Crippen MR) is 80.1 cm³/mol. The van der Waals surface area contributed by atoms with Crippen molar-refractivity contribution >= 4 is 23.3 Å². The summed E-state index contributed by atoms with van der Waals surface area (Å²) in [4.78, 5) is 30.0. The number of fused-ring (bicyclic) bond motifs is 1. The maximum absolute atomic E-state index is 12.3. The van der Waals surface area contributed by atoms with Crippen molar-refractivity contribution in [2.24, 2.45) is 0 Å². The molecule has 0 unspecified atom stereocenters. The number of para-hydroxylation sites is 1. The quantitative estimate of drug-likeness (QED) is 0.812. The van der Waals surface area contributed by atoms with Crippen LogP contribution in [0.3, 0.4) is 0 Å². The molecule has 3 rings (SSSR count). The molecule has 5 heteroatoms. The molecule has 0 bridgehead atoms. The molecule has 1 aliphatic heterocycles. The van der Waals surface area contributed by atoms with E-state index in [-0.39, 0.29) is 0 Å². The molecule has 1 aromatic heterocycles. The number of amides is 2. The van der Waals surface area contributed by atoms with Gasteiger partial charge >= 0.3 is 11.8 Å². The lowest BCUT2D eigenvalue weighted by Gasteiger charge is -2.16. The van der Waals surface area contributed by atoms with E-state index in [4.69, 9.17) is 0 Å². The molecule has 5 nitrogen and oxygen atoms in total. The monoisotopic (exact) mass is 281 g/mol. The molecule has 0 aliphatic carbocycles. The van der Waals surface area contributed by atoms with E-state index in [9.17, 15) is 9.59 Å². The summed E-state index contributed by atoms with van der Waals surface area (Å²) in [6.45, 7) is 2.37. The topological polar surface area (TPSA) is 62.3 Å². The normalized spacial score (nSPS) is 12.9. The minimum Gasteiger partial charge on any atom is -0.304 e. The van der Waals surface area contributed by atoms with Gasteiger partial charge in [0, 0.05) is 18.4 Å². The maximum Gasteiger partial charge on any atom is 0.316 e. The van der Waals surface area contributed by atoms with Gasteiger partial charge in [0.1, 0.15) is 5.82 Å². The van der Waals surface area contributed by atoms with Crippen LogP contribution < -0.4 is 10.2 Å². The zero-order valence-electron chi connectivity index (χ0n) is 11.7. The summed E-state index contributed by atoms with van der Waals surface area (Å²) in [7, 11) is 0. The van der Waals surface area contributed by atoms with Crippen LogP contribution in [0.2, 0.25) is 0 Å². The van der Waals surface area contributed by atoms with Crippen molar-refractivity contribution in [2.75, 3.05) is 16.8 Å². The first-order valence-corrected chi connectivity index (χ1v) is 6.79. The lowest BCUT2D eigenvalue weighted by atomic mass is 10.2. The number of hydrogen-bond acceptors (Lipinski definition) is 3. The summed E-state index contributed by atoms with van der Waals surface area (Å²) in [6, 6.07) is 11.3. The van der Waals surface area contributed by atoms with Gasteiger partial charge in [-0.2, -0.15) is 0 Å². The molecule has 2 aromatic rings. The Labute approximate surface area is 122 Å². The molecule has 0 saturated carbocycles. The summed E-state index contributed by atoms with van der Waals surface area (Å²) in [5, 5.41) is 2.58. The number of carbonyl (C=O) groups is 2. The van der Waals surface area contributed by atoms with E-state index in [1.54, 1.807) is 12.3 Å². The van der Waals surface area contributed by atoms with Crippen LogP contribution in [0.1, 0.15) is 11.1 Å². The lowest BCUT2D eigenvalue weighted by molar-refractivity contribution is -0.134. The SMILES string of the molecule is Cc1cccnc1NC(=O)C(=O)N1CCc2ccccc21. The number of pyridine rings is 1. The number of benzene rings is 1. The largest absolute Gasteiger partial charge is 0.316 e. The first-order chi connectivity index (χ1) is 10.2. The van der Waals surface area contributed by atoms with E-state index in [0.717, 1.165) is 23.2 Å². The fourth-order valence-electron chi connectivity index (χ4n) is 2.45. The molecule has 106 valence electrons. The average molecular weight is 281 g/mol. The molecule has 0 spiro atoms. The number of aromatic nitrogens is 1. The fraction of sp³-hybridized carbons (Fsp3) is 0.188. The van der Waals surface area contributed by atoms with Gasteiger partial charge in [0.05, 0.1) is 0 Å². The van der Waals surface area contributed by atoms with E-state index in [0.29, 0.717) is 12.4 Å². The average Bonchev–Trinajstić information content (AvgIpc) is 2.92. The van der Waals surface area contributed by atoms with Crippen molar-refractivity contribution in [3.05, 3.63) is 53.7 Å². The van der Waals surface area contributed by atoms with Gasteiger partial charge < -0.3 is 10.2 Å². The summed E-state index contributed by atoms with van der Waals surface area (Å²) in [6.07, 6.45) is 2.36. The first-order valence-electron chi connectivity index (χ1n) is 6.79. The van der Waals surface area contributed by atoms with Crippen LogP contribution in [0.4, 0.5) is 11.5 Å². The molecular formula is C16H15N3O2. The van der Waals surface area contributed by atoms with E-state index in [1.807, 2.05) is 37.3 Å². The number of nitrogens with one attached hydrogen (secondary N) is 1. The maximum atomic E-state index is 12.3. The van der Waals surface area contributed by atoms with E-state index in [2.05, 4.69) is 10.3 Å². The highest BCUT2D eigenvalue weighted by molar-refractivity contribution is 6.44. The third-order valence-corrected chi connectivity index (χ3v) is 3.57. The Bertz CT molecular complexity index is 712. The van der Waals surface area contributed by atoms with E-state index < -0.39 is 11.8 Å². The highest BCUT2D eigenvalue weighted by Gasteiger charge is 2.29. The van der Waals surface area contributed by atoms with Gasteiger partial charge in [0.25, 0.3) is 0 Å². The highest BCUT2D eigenvalue weighted by atomic mass is 16.2. The summed E-state index contributed by atoms with van der Waals surface area (Å²) in [5.41, 5.74) is 2.73. The Kier molecular flexibility index (Phi) is 3.39. The van der Waals surface area contributed by atoms with Gasteiger partial charge in [-0.05, 0) is 36.6 Å². The minimum absolute atomic E-state index is 0.420. The van der Waals surface area contributed by atoms with Crippen LogP contribution in [0.25, 0.3) is 0 Å². The zero-order valence-corrected chi connectivity index (χ0v) is 11.7. The number of anilines is 2. The molecule has 0 saturated heterocycles. The Balaban J connectivity index is 1.78. The summed E-state index contributed by atoms with van der Waals surface area (Å²) in [5.74, 6) is -0.790. The van der Waals surface area contributed by atoms with Crippen molar-refractivity contribution in [1.29, 1.82) is 0 Å². The van der Waals surface area contributed by atoms with E-state index >= 15 is 0 Å². The molecule has 2 heterocycles. The van der Waals surface area contributed by atoms with Gasteiger partial charge in [-0.1, -0.05) is 24.3 Å². The smallest absolute Gasteiger partial charge is 0.304 e. The van der Waals surface area contributed by atoms with Crippen LogP contribution in [0.5, 0.6) is 0 Å². The molecule has 21 heavy (non-hydrogen) atoms. The standard InChI is InChI=1S/C16H15N3O2/c1-11-5-4-9-17-14(11)18-15(20)16(21)19-10-8-12-6-2-3-7-13(12)19/h2-7,9H,8,10H2,1H3,(H,17,18,20). The molecule has 0 fully saturated rings. The Morgan fingerprint density at radius 3 is 2.81 bits per heavy atom. The molecule has 0 atom stereocenters. The zero-order chi connectivity index (χ0) is 14.8. The number of aryl methyl sites for hydroxylation is 1. The van der Waals surface area contributed by atoms with Gasteiger partial charge in [-0.3, -0.25) is 9.59 Å². The third kappa shape index (κ3) is 2.50. The fourth-order valence-corrected chi connectivity index (χ4v) is 2.45. The van der Waals surface area contributed by atoms with Gasteiger partial charge in [0.2, 0.25) is 0 Å². The second-order valence-electron chi connectivity index (χ2n) is 4.96. The Morgan fingerprint density at radius 1 is 1.19 bits per heavy atom. The predicted octanol–water partition coefficient (Wildman–Crippen LogP) is 1.92. The minimum atomic E-state index is -0.659. The highest BCUT2D eigenvalue weighted by Crippen LogP contribution is 2.27. The van der Waals surface area contributed by atoms with Crippen molar-refractivity contribution in [3.8, 4) is 0 Å². The van der Waals surface area contributed by atoms with Crippen molar-refractivity contribution < 1.29 is 9.59 Å². The van der Waals surface area contributed by atoms with Crippen molar-refractivity contribution in [2.45, 2.75) is 13.3 Å². The number of carbonyl (C=O) groups excluding carboxylic acids is 2. The Morgan fingerprint density at radius 2 is 2.00 bits per heavy atom. The van der Waals surface area contributed by atoms with Crippen molar-refractivity contribution in [3.63, 3.8) is 0 Å². The molecule has 2 amide bonds. The second-order valence-corrected chi connectivity index (χ2v) is 4.96. The molecule has 0 radical (unpaired) electrons. The van der Waals surface area contributed by atoms with Crippen LogP contribution in [0, 0.1) is 6.92 Å². The van der Waals surface area contributed by atoms with Crippen molar-refractivity contribution in [1.82, 2.24) is 4.98 Å². The summed E-state index contributed by atoms with van der Waals surface area (Å²) >= 11 is 0. The van der Waals surface area contributed by atoms with Gasteiger partial charge in [0.15, 0.2) is 0 Å². The number of rotatable bonds is 1. The Hall–Kier alpha value is -2.69. The first kappa shape index (κ1) is 13.3. The third-order valence-electron chi connectivity index (χ3n) is 3.57. The van der Waals surface area contributed by atoms with Gasteiger partial charge in [-0.25, -0.2) is 4.98 Å². The summed E-state index contributed by atoms with van der Waals surface area (Å²) < 4.78 is 0. The number of hydrogen-bond donors (Lipinski definition) is 1. The molecular weight excluding hydrogens is 266 g/mol. The molecule has 1 N–H and O–H groups in total. The second kappa shape index (κ2) is 5.36. The van der Waals surface area contributed by atoms with E-state index in [1.165, 1.54) is 4.90 Å². The molecule has 1 aliphatic rings. The van der Waals surface area contributed by atoms with Gasteiger partial charge in [-0.15, -0.1) is 0 Å². The van der Waals surface area contributed by atoms with Crippen LogP contribution in [-0.2, 0) is 16.0 Å².